The van der Waals surface area contributed by atoms with Crippen LogP contribution in [0.1, 0.15) is 59.7 Å². The van der Waals surface area contributed by atoms with Crippen LogP contribution in [0.5, 0.6) is 0 Å². The zero-order chi connectivity index (χ0) is 21.4. The van der Waals surface area contributed by atoms with Gasteiger partial charge in [-0.25, -0.2) is 9.78 Å². The van der Waals surface area contributed by atoms with Crippen LogP contribution in [-0.2, 0) is 4.74 Å². The van der Waals surface area contributed by atoms with E-state index in [0.29, 0.717) is 26.5 Å². The molecule has 0 fully saturated rings. The zero-order valence-electron chi connectivity index (χ0n) is 17.2. The number of aromatic amines is 1. The van der Waals surface area contributed by atoms with Gasteiger partial charge in [-0.05, 0) is 45.4 Å². The third-order valence-electron chi connectivity index (χ3n) is 5.06. The molecule has 3 heterocycles. The van der Waals surface area contributed by atoms with E-state index in [2.05, 4.69) is 15.3 Å². The zero-order valence-corrected chi connectivity index (χ0v) is 18.1. The van der Waals surface area contributed by atoms with Gasteiger partial charge in [0.15, 0.2) is 0 Å². The number of para-hydroxylation sites is 1. The van der Waals surface area contributed by atoms with Gasteiger partial charge in [-0.15, -0.1) is 11.3 Å². The maximum absolute atomic E-state index is 12.7. The lowest BCUT2D eigenvalue weighted by molar-refractivity contribution is 0.0531. The van der Waals surface area contributed by atoms with Crippen molar-refractivity contribution in [1.29, 1.82) is 0 Å². The summed E-state index contributed by atoms with van der Waals surface area (Å²) in [6, 6.07) is 9.53. The van der Waals surface area contributed by atoms with Crippen LogP contribution in [0.25, 0.3) is 21.2 Å². The average molecular weight is 426 g/mol. The highest BCUT2D eigenvalue weighted by Gasteiger charge is 2.22. The van der Waals surface area contributed by atoms with E-state index < -0.39 is 5.97 Å². The number of hydrogen-bond acceptors (Lipinski definition) is 7. The summed E-state index contributed by atoms with van der Waals surface area (Å²) in [5.41, 5.74) is 1.18. The van der Waals surface area contributed by atoms with E-state index in [9.17, 15) is 9.59 Å². The number of thiophene rings is 1. The normalized spacial score (nSPS) is 13.6. The molecule has 4 rings (SSSR count). The lowest BCUT2D eigenvalue weighted by Gasteiger charge is -2.17. The van der Waals surface area contributed by atoms with E-state index in [0.717, 1.165) is 16.7 Å². The van der Waals surface area contributed by atoms with Gasteiger partial charge in [0.25, 0.3) is 5.56 Å². The smallest absolute Gasteiger partial charge is 0.348 e. The van der Waals surface area contributed by atoms with Gasteiger partial charge in [0.1, 0.15) is 26.9 Å². The molecule has 2 N–H and O–H groups in total. The van der Waals surface area contributed by atoms with Crippen LogP contribution in [0, 0.1) is 6.92 Å². The molecule has 8 heteroatoms. The number of nitrogens with zero attached hydrogens (tertiary/aromatic N) is 1. The quantitative estimate of drug-likeness (QED) is 0.437. The van der Waals surface area contributed by atoms with Crippen LogP contribution in [0.15, 0.2) is 39.5 Å². The van der Waals surface area contributed by atoms with Gasteiger partial charge >= 0.3 is 5.97 Å². The number of furan rings is 1. The first kappa shape index (κ1) is 20.3. The molecule has 0 aliphatic heterocycles. The molecule has 4 aromatic rings. The SMILES string of the molecule is CCOC(=O)c1sc2nc(C(C)NC(C)c3cc4ccccc4o3)[nH]c(=O)c2c1C. The molecule has 0 aliphatic carbocycles. The number of carbonyl (C=O) groups excluding carboxylic acids is 1. The number of benzene rings is 1. The number of esters is 1. The van der Waals surface area contributed by atoms with Crippen molar-refractivity contribution in [2.75, 3.05) is 6.61 Å². The summed E-state index contributed by atoms with van der Waals surface area (Å²) >= 11 is 1.18. The van der Waals surface area contributed by atoms with Crippen molar-refractivity contribution in [2.24, 2.45) is 0 Å². The molecule has 2 unspecified atom stereocenters. The number of hydrogen-bond donors (Lipinski definition) is 2. The summed E-state index contributed by atoms with van der Waals surface area (Å²) in [5, 5.41) is 4.89. The number of nitrogens with one attached hydrogen (secondary N) is 2. The van der Waals surface area contributed by atoms with Gasteiger partial charge in [0, 0.05) is 5.39 Å². The van der Waals surface area contributed by atoms with Crippen molar-refractivity contribution in [3.05, 3.63) is 62.7 Å². The van der Waals surface area contributed by atoms with E-state index in [1.807, 2.05) is 44.2 Å². The number of aromatic nitrogens is 2. The third kappa shape index (κ3) is 3.64. The fraction of sp³-hybridized carbons (Fsp3) is 0.318. The molecule has 0 saturated heterocycles. The first-order valence-corrected chi connectivity index (χ1v) is 10.7. The Balaban J connectivity index is 1.61. The third-order valence-corrected chi connectivity index (χ3v) is 6.23. The number of carbonyl (C=O) groups is 1. The molecule has 3 aromatic heterocycles. The lowest BCUT2D eigenvalue weighted by Crippen LogP contribution is -2.26. The van der Waals surface area contributed by atoms with E-state index in [1.54, 1.807) is 13.8 Å². The Morgan fingerprint density at radius 1 is 1.30 bits per heavy atom. The Bertz CT molecular complexity index is 1250. The summed E-state index contributed by atoms with van der Waals surface area (Å²) in [7, 11) is 0. The molecule has 0 radical (unpaired) electrons. The second kappa shape index (κ2) is 8.04. The van der Waals surface area contributed by atoms with Gasteiger partial charge in [0.2, 0.25) is 0 Å². The van der Waals surface area contributed by atoms with Gasteiger partial charge in [-0.2, -0.15) is 0 Å². The molecular weight excluding hydrogens is 402 g/mol. The predicted octanol–water partition coefficient (Wildman–Crippen LogP) is 4.63. The minimum absolute atomic E-state index is 0.0893. The largest absolute Gasteiger partial charge is 0.462 e. The fourth-order valence-corrected chi connectivity index (χ4v) is 4.59. The van der Waals surface area contributed by atoms with E-state index in [-0.39, 0.29) is 24.2 Å². The van der Waals surface area contributed by atoms with Crippen molar-refractivity contribution >= 4 is 38.5 Å². The minimum Gasteiger partial charge on any atom is -0.462 e. The highest BCUT2D eigenvalue weighted by Crippen LogP contribution is 2.29. The van der Waals surface area contributed by atoms with Gasteiger partial charge in [-0.3, -0.25) is 10.1 Å². The molecule has 7 nitrogen and oxygen atoms in total. The molecule has 30 heavy (non-hydrogen) atoms. The van der Waals surface area contributed by atoms with Crippen molar-refractivity contribution in [3.63, 3.8) is 0 Å². The molecule has 2 atom stereocenters. The first-order chi connectivity index (χ1) is 14.4. The highest BCUT2D eigenvalue weighted by atomic mass is 32.1. The van der Waals surface area contributed by atoms with Crippen LogP contribution in [-0.4, -0.2) is 22.5 Å². The molecular formula is C22H23N3O4S. The van der Waals surface area contributed by atoms with Crippen molar-refractivity contribution in [1.82, 2.24) is 15.3 Å². The summed E-state index contributed by atoms with van der Waals surface area (Å²) < 4.78 is 11.0. The van der Waals surface area contributed by atoms with Crippen LogP contribution in [0.4, 0.5) is 0 Å². The Morgan fingerprint density at radius 2 is 2.07 bits per heavy atom. The second-order valence-corrected chi connectivity index (χ2v) is 8.20. The van der Waals surface area contributed by atoms with Crippen LogP contribution in [0.2, 0.25) is 0 Å². The van der Waals surface area contributed by atoms with Gasteiger partial charge in [0.05, 0.1) is 24.1 Å². The average Bonchev–Trinajstić information content (AvgIpc) is 3.29. The summed E-state index contributed by atoms with van der Waals surface area (Å²) in [5.74, 6) is 0.888. The van der Waals surface area contributed by atoms with Crippen LogP contribution in [0.3, 0.4) is 0 Å². The lowest BCUT2D eigenvalue weighted by atomic mass is 10.2. The Hall–Kier alpha value is -2.97. The van der Waals surface area contributed by atoms with E-state index in [1.165, 1.54) is 11.3 Å². The number of ether oxygens (including phenoxy) is 1. The molecule has 1 aromatic carbocycles. The van der Waals surface area contributed by atoms with Crippen molar-refractivity contribution < 1.29 is 13.9 Å². The fourth-order valence-electron chi connectivity index (χ4n) is 3.51. The minimum atomic E-state index is -0.427. The predicted molar refractivity (Wildman–Crippen MR) is 117 cm³/mol. The summed E-state index contributed by atoms with van der Waals surface area (Å²) in [4.78, 5) is 33.3. The number of H-pyrrole nitrogens is 1. The number of rotatable bonds is 6. The van der Waals surface area contributed by atoms with E-state index in [4.69, 9.17) is 9.15 Å². The molecule has 0 saturated carbocycles. The molecule has 0 spiro atoms. The van der Waals surface area contributed by atoms with E-state index >= 15 is 0 Å². The van der Waals surface area contributed by atoms with Gasteiger partial charge < -0.3 is 14.1 Å². The van der Waals surface area contributed by atoms with Crippen molar-refractivity contribution in [3.8, 4) is 0 Å². The van der Waals surface area contributed by atoms with Crippen LogP contribution < -0.4 is 10.9 Å². The highest BCUT2D eigenvalue weighted by molar-refractivity contribution is 7.20. The molecule has 0 bridgehead atoms. The Morgan fingerprint density at radius 3 is 2.80 bits per heavy atom. The molecule has 0 aliphatic rings. The first-order valence-electron chi connectivity index (χ1n) is 9.84. The standard InChI is InChI=1S/C22H23N3O4S/c1-5-28-22(27)18-11(2)17-20(26)24-19(25-21(17)30-18)13(4)23-12(3)16-10-14-8-6-7-9-15(14)29-16/h6-10,12-13,23H,5H2,1-4H3,(H,24,25,26). The topological polar surface area (TPSA) is 97.2 Å². The van der Waals surface area contributed by atoms with Gasteiger partial charge in [-0.1, -0.05) is 18.2 Å². The molecule has 156 valence electrons. The van der Waals surface area contributed by atoms with Crippen molar-refractivity contribution in [2.45, 2.75) is 39.8 Å². The Kier molecular flexibility index (Phi) is 5.44. The van der Waals surface area contributed by atoms with Crippen LogP contribution >= 0.6 is 11.3 Å². The number of fused-ring (bicyclic) bond motifs is 2. The maximum Gasteiger partial charge on any atom is 0.348 e. The summed E-state index contributed by atoms with van der Waals surface area (Å²) in [6.07, 6.45) is 0. The maximum atomic E-state index is 12.7. The second-order valence-electron chi connectivity index (χ2n) is 7.20. The monoisotopic (exact) mass is 425 g/mol. The Labute approximate surface area is 177 Å². The summed E-state index contributed by atoms with van der Waals surface area (Å²) in [6.45, 7) is 7.70. The molecule has 0 amide bonds. The number of aryl methyl sites for hydroxylation is 1.